The van der Waals surface area contributed by atoms with E-state index >= 15 is 0 Å². The number of esters is 1. The molecule has 9 heteroatoms. The van der Waals surface area contributed by atoms with Gasteiger partial charge in [0.05, 0.1) is 22.8 Å². The van der Waals surface area contributed by atoms with Crippen LogP contribution >= 0.6 is 0 Å². The molecule has 1 aromatic heterocycles. The summed E-state index contributed by atoms with van der Waals surface area (Å²) in [5.74, 6) is -0.627. The first-order valence-electron chi connectivity index (χ1n) is 7.54. The maximum Gasteiger partial charge on any atom is 0.416 e. The highest BCUT2D eigenvalue weighted by Crippen LogP contribution is 2.30. The zero-order chi connectivity index (χ0) is 19.4. The number of rotatable bonds is 4. The second kappa shape index (κ2) is 7.29. The van der Waals surface area contributed by atoms with Gasteiger partial charge in [-0.25, -0.2) is 4.79 Å². The number of halogens is 3. The first-order valence-corrected chi connectivity index (χ1v) is 7.54. The average molecular weight is 373 g/mol. The smallest absolute Gasteiger partial charge is 0.416 e. The standard InChI is InChI=1S/C18H10F3N3O3/c19-18(20,21)14-6-4-12(5-7-14)16-23-15(27-24-16)10-26-17(25)13-3-1-2-11(8-13)9-22/h1-8H,10H2. The Bertz CT molecular complexity index is 1000. The lowest BCUT2D eigenvalue weighted by atomic mass is 10.1. The highest BCUT2D eigenvalue weighted by Gasteiger charge is 2.30. The van der Waals surface area contributed by atoms with Crippen LogP contribution in [0.1, 0.15) is 27.4 Å². The topological polar surface area (TPSA) is 89.0 Å². The van der Waals surface area contributed by atoms with Gasteiger partial charge in [-0.2, -0.15) is 23.4 Å². The van der Waals surface area contributed by atoms with Crippen LogP contribution in [-0.2, 0) is 17.5 Å². The molecule has 0 atom stereocenters. The Morgan fingerprint density at radius 1 is 1.19 bits per heavy atom. The van der Waals surface area contributed by atoms with Gasteiger partial charge in [0.1, 0.15) is 0 Å². The predicted octanol–water partition coefficient (Wildman–Crippen LogP) is 3.98. The molecule has 0 aliphatic carbocycles. The Morgan fingerprint density at radius 3 is 2.59 bits per heavy atom. The third-order valence-corrected chi connectivity index (χ3v) is 3.49. The lowest BCUT2D eigenvalue weighted by molar-refractivity contribution is -0.137. The average Bonchev–Trinajstić information content (AvgIpc) is 3.14. The van der Waals surface area contributed by atoms with Crippen LogP contribution in [0.2, 0.25) is 0 Å². The van der Waals surface area contributed by atoms with Gasteiger partial charge >= 0.3 is 12.1 Å². The molecule has 0 unspecified atom stereocenters. The number of aromatic nitrogens is 2. The largest absolute Gasteiger partial charge is 0.452 e. The van der Waals surface area contributed by atoms with E-state index in [0.717, 1.165) is 12.1 Å². The summed E-state index contributed by atoms with van der Waals surface area (Å²) in [4.78, 5) is 15.9. The van der Waals surface area contributed by atoms with Crippen molar-refractivity contribution in [1.82, 2.24) is 10.1 Å². The summed E-state index contributed by atoms with van der Waals surface area (Å²) in [6.07, 6.45) is -4.43. The Kier molecular flexibility index (Phi) is 4.90. The van der Waals surface area contributed by atoms with Crippen molar-refractivity contribution >= 4 is 5.97 Å². The molecule has 0 aliphatic rings. The fourth-order valence-corrected chi connectivity index (χ4v) is 2.17. The van der Waals surface area contributed by atoms with Crippen LogP contribution in [0.25, 0.3) is 11.4 Å². The summed E-state index contributed by atoms with van der Waals surface area (Å²) >= 11 is 0. The van der Waals surface area contributed by atoms with E-state index in [9.17, 15) is 18.0 Å². The molecule has 0 amide bonds. The molecule has 0 fully saturated rings. The minimum atomic E-state index is -4.43. The number of hydrogen-bond acceptors (Lipinski definition) is 6. The molecular weight excluding hydrogens is 363 g/mol. The van der Waals surface area contributed by atoms with Gasteiger partial charge in [-0.1, -0.05) is 23.4 Å². The second-order valence-electron chi connectivity index (χ2n) is 5.36. The van der Waals surface area contributed by atoms with Crippen molar-refractivity contribution in [3.05, 3.63) is 71.1 Å². The van der Waals surface area contributed by atoms with Gasteiger partial charge in [-0.15, -0.1) is 0 Å². The molecule has 27 heavy (non-hydrogen) atoms. The molecule has 3 rings (SSSR count). The number of nitrogens with zero attached hydrogens (tertiary/aromatic N) is 3. The molecule has 0 saturated heterocycles. The minimum Gasteiger partial charge on any atom is -0.452 e. The van der Waals surface area contributed by atoms with Gasteiger partial charge in [0, 0.05) is 5.56 Å². The molecule has 1 heterocycles. The number of ether oxygens (including phenoxy) is 1. The lowest BCUT2D eigenvalue weighted by Crippen LogP contribution is -2.05. The zero-order valence-corrected chi connectivity index (χ0v) is 13.5. The number of benzene rings is 2. The van der Waals surface area contributed by atoms with Crippen molar-refractivity contribution in [2.45, 2.75) is 12.8 Å². The number of carbonyl (C=O) groups excluding carboxylic acids is 1. The highest BCUT2D eigenvalue weighted by molar-refractivity contribution is 5.89. The molecular formula is C18H10F3N3O3. The van der Waals surface area contributed by atoms with E-state index in [-0.39, 0.29) is 23.9 Å². The Hall–Kier alpha value is -3.67. The third kappa shape index (κ3) is 4.30. The van der Waals surface area contributed by atoms with Gasteiger partial charge in [-0.05, 0) is 30.3 Å². The van der Waals surface area contributed by atoms with Crippen LogP contribution in [0.15, 0.2) is 53.1 Å². The molecule has 6 nitrogen and oxygen atoms in total. The number of carbonyl (C=O) groups is 1. The predicted molar refractivity (Wildman–Crippen MR) is 85.0 cm³/mol. The van der Waals surface area contributed by atoms with E-state index in [2.05, 4.69) is 10.1 Å². The molecule has 2 aromatic carbocycles. The monoisotopic (exact) mass is 373 g/mol. The van der Waals surface area contributed by atoms with Crippen molar-refractivity contribution < 1.29 is 27.2 Å². The molecule has 0 aliphatic heterocycles. The van der Waals surface area contributed by atoms with Crippen LogP contribution in [0.5, 0.6) is 0 Å². The second-order valence-corrected chi connectivity index (χ2v) is 5.36. The molecule has 3 aromatic rings. The number of nitriles is 1. The fraction of sp³-hybridized carbons (Fsp3) is 0.111. The highest BCUT2D eigenvalue weighted by atomic mass is 19.4. The summed E-state index contributed by atoms with van der Waals surface area (Å²) in [5.41, 5.74) is 0.0397. The Morgan fingerprint density at radius 2 is 1.93 bits per heavy atom. The van der Waals surface area contributed by atoms with Crippen molar-refractivity contribution in [1.29, 1.82) is 5.26 Å². The van der Waals surface area contributed by atoms with E-state index in [4.69, 9.17) is 14.5 Å². The third-order valence-electron chi connectivity index (χ3n) is 3.49. The normalized spacial score (nSPS) is 11.0. The summed E-state index contributed by atoms with van der Waals surface area (Å²) in [5, 5.41) is 12.5. The summed E-state index contributed by atoms with van der Waals surface area (Å²) in [7, 11) is 0. The first kappa shape index (κ1) is 18.1. The van der Waals surface area contributed by atoms with Crippen LogP contribution in [0.3, 0.4) is 0 Å². The van der Waals surface area contributed by atoms with Gasteiger partial charge < -0.3 is 9.26 Å². The van der Waals surface area contributed by atoms with Crippen molar-refractivity contribution in [3.63, 3.8) is 0 Å². The van der Waals surface area contributed by atoms with Crippen LogP contribution in [0.4, 0.5) is 13.2 Å². The SMILES string of the molecule is N#Cc1cccc(C(=O)OCc2nc(-c3ccc(C(F)(F)F)cc3)no2)c1. The summed E-state index contributed by atoms with van der Waals surface area (Å²) in [6, 6.07) is 12.1. The summed E-state index contributed by atoms with van der Waals surface area (Å²) in [6.45, 7) is -0.316. The van der Waals surface area contributed by atoms with Crippen LogP contribution < -0.4 is 0 Å². The molecule has 0 saturated carbocycles. The van der Waals surface area contributed by atoms with E-state index in [1.807, 2.05) is 6.07 Å². The zero-order valence-electron chi connectivity index (χ0n) is 13.5. The van der Waals surface area contributed by atoms with Crippen molar-refractivity contribution in [2.24, 2.45) is 0 Å². The maximum atomic E-state index is 12.6. The molecule has 0 bridgehead atoms. The van der Waals surface area contributed by atoms with Crippen molar-refractivity contribution in [2.75, 3.05) is 0 Å². The number of alkyl halides is 3. The van der Waals surface area contributed by atoms with Gasteiger partial charge in [0.25, 0.3) is 5.89 Å². The summed E-state index contributed by atoms with van der Waals surface area (Å²) < 4.78 is 47.7. The number of hydrogen-bond donors (Lipinski definition) is 0. The lowest BCUT2D eigenvalue weighted by Gasteiger charge is -2.05. The Balaban J connectivity index is 1.66. The van der Waals surface area contributed by atoms with E-state index in [1.54, 1.807) is 12.1 Å². The van der Waals surface area contributed by atoms with Gasteiger partial charge in [0.2, 0.25) is 5.82 Å². The maximum absolute atomic E-state index is 12.6. The molecule has 0 spiro atoms. The quantitative estimate of drug-likeness (QED) is 0.643. The minimum absolute atomic E-state index is 0.0188. The molecule has 0 radical (unpaired) electrons. The molecule has 136 valence electrons. The van der Waals surface area contributed by atoms with Crippen LogP contribution in [0, 0.1) is 11.3 Å². The Labute approximate surface area is 150 Å². The fourth-order valence-electron chi connectivity index (χ4n) is 2.17. The van der Waals surface area contributed by atoms with Crippen LogP contribution in [-0.4, -0.2) is 16.1 Å². The van der Waals surface area contributed by atoms with Gasteiger partial charge in [-0.3, -0.25) is 0 Å². The van der Waals surface area contributed by atoms with E-state index in [1.165, 1.54) is 24.3 Å². The van der Waals surface area contributed by atoms with Gasteiger partial charge in [0.15, 0.2) is 6.61 Å². The molecule has 0 N–H and O–H groups in total. The van der Waals surface area contributed by atoms with E-state index < -0.39 is 17.7 Å². The van der Waals surface area contributed by atoms with Crippen molar-refractivity contribution in [3.8, 4) is 17.5 Å². The first-order chi connectivity index (χ1) is 12.9. The van der Waals surface area contributed by atoms with E-state index in [0.29, 0.717) is 11.1 Å².